The summed E-state index contributed by atoms with van der Waals surface area (Å²) in [7, 11) is 2.18. The smallest absolute Gasteiger partial charge is 0.126 e. The van der Waals surface area contributed by atoms with Gasteiger partial charge in [0.1, 0.15) is 11.9 Å². The molecule has 2 fully saturated rings. The molecule has 2 aliphatic carbocycles. The van der Waals surface area contributed by atoms with E-state index in [1.807, 2.05) is 0 Å². The highest BCUT2D eigenvalue weighted by atomic mass is 16.5. The second kappa shape index (κ2) is 3.64. The Morgan fingerprint density at radius 3 is 3.05 bits per heavy atom. The maximum atomic E-state index is 11.8. The van der Waals surface area contributed by atoms with Crippen molar-refractivity contribution in [1.82, 2.24) is 4.90 Å². The number of piperidine rings is 1. The lowest BCUT2D eigenvalue weighted by Crippen LogP contribution is -2.74. The molecular formula is C18H23NO2. The molecule has 5 rings (SSSR count). The van der Waals surface area contributed by atoms with E-state index in [1.165, 1.54) is 16.7 Å². The van der Waals surface area contributed by atoms with Crippen molar-refractivity contribution < 1.29 is 9.84 Å². The quantitative estimate of drug-likeness (QED) is 0.793. The number of likely N-dealkylation sites (N-methyl/N-ethyl adjacent to an activating group) is 1. The van der Waals surface area contributed by atoms with E-state index in [0.29, 0.717) is 0 Å². The van der Waals surface area contributed by atoms with Crippen molar-refractivity contribution in [2.45, 2.75) is 62.2 Å². The average molecular weight is 285 g/mol. The Kier molecular flexibility index (Phi) is 2.16. The van der Waals surface area contributed by atoms with Gasteiger partial charge in [0.25, 0.3) is 0 Å². The van der Waals surface area contributed by atoms with Crippen LogP contribution in [-0.4, -0.2) is 41.3 Å². The fraction of sp³-hybridized carbons (Fsp3) is 0.667. The number of nitrogens with zero attached hydrogens (tertiary/aromatic N) is 1. The molecule has 0 radical (unpaired) electrons. The lowest BCUT2D eigenvalue weighted by atomic mass is 9.49. The zero-order valence-corrected chi connectivity index (χ0v) is 12.9. The lowest BCUT2D eigenvalue weighted by molar-refractivity contribution is -0.180. The van der Waals surface area contributed by atoms with Crippen LogP contribution in [0.25, 0.3) is 0 Å². The molecule has 1 aromatic rings. The minimum absolute atomic E-state index is 0.142. The second-order valence-electron chi connectivity index (χ2n) is 7.59. The predicted octanol–water partition coefficient (Wildman–Crippen LogP) is 2.17. The van der Waals surface area contributed by atoms with Crippen molar-refractivity contribution >= 4 is 0 Å². The summed E-state index contributed by atoms with van der Waals surface area (Å²) in [5.41, 5.74) is 3.28. The van der Waals surface area contributed by atoms with Gasteiger partial charge in [-0.1, -0.05) is 12.1 Å². The molecule has 0 amide bonds. The summed E-state index contributed by atoms with van der Waals surface area (Å²) in [6.07, 6.45) is 5.27. The molecule has 4 atom stereocenters. The molecule has 2 bridgehead atoms. The van der Waals surface area contributed by atoms with Crippen LogP contribution in [0.5, 0.6) is 5.75 Å². The molecule has 1 N–H and O–H groups in total. The van der Waals surface area contributed by atoms with Crippen molar-refractivity contribution in [3.63, 3.8) is 0 Å². The van der Waals surface area contributed by atoms with E-state index in [-0.39, 0.29) is 17.6 Å². The van der Waals surface area contributed by atoms with Gasteiger partial charge in [0, 0.05) is 11.6 Å². The van der Waals surface area contributed by atoms with Crippen molar-refractivity contribution in [2.24, 2.45) is 0 Å². The van der Waals surface area contributed by atoms with E-state index in [1.54, 1.807) is 0 Å². The molecule has 3 heteroatoms. The number of aryl methyl sites for hydroxylation is 1. The first-order chi connectivity index (χ1) is 10.1. The van der Waals surface area contributed by atoms with Crippen LogP contribution >= 0.6 is 0 Å². The van der Waals surface area contributed by atoms with Gasteiger partial charge in [0.05, 0.1) is 11.0 Å². The number of benzene rings is 1. The largest absolute Gasteiger partial charge is 0.489 e. The molecule has 112 valence electrons. The first-order valence-electron chi connectivity index (χ1n) is 8.30. The zero-order valence-electron chi connectivity index (χ0n) is 12.9. The molecule has 1 spiro atoms. The Morgan fingerprint density at radius 2 is 2.19 bits per heavy atom. The average Bonchev–Trinajstić information content (AvgIpc) is 2.80. The number of rotatable bonds is 0. The van der Waals surface area contributed by atoms with Gasteiger partial charge in [-0.25, -0.2) is 0 Å². The number of ether oxygens (including phenoxy) is 1. The fourth-order valence-corrected chi connectivity index (χ4v) is 5.90. The van der Waals surface area contributed by atoms with Gasteiger partial charge in [0.2, 0.25) is 0 Å². The highest BCUT2D eigenvalue weighted by molar-refractivity contribution is 5.59. The topological polar surface area (TPSA) is 32.7 Å². The third-order valence-electron chi connectivity index (χ3n) is 6.85. The van der Waals surface area contributed by atoms with Crippen LogP contribution in [0.4, 0.5) is 0 Å². The summed E-state index contributed by atoms with van der Waals surface area (Å²) in [4.78, 5) is 2.38. The molecule has 2 heterocycles. The Labute approximate surface area is 125 Å². The zero-order chi connectivity index (χ0) is 14.4. The van der Waals surface area contributed by atoms with Gasteiger partial charge in [0.15, 0.2) is 0 Å². The number of hydrogen-bond donors (Lipinski definition) is 1. The first-order valence-corrected chi connectivity index (χ1v) is 8.30. The predicted molar refractivity (Wildman–Crippen MR) is 80.8 cm³/mol. The van der Waals surface area contributed by atoms with E-state index in [9.17, 15) is 5.11 Å². The summed E-state index contributed by atoms with van der Waals surface area (Å²) in [6.45, 7) is 3.21. The molecule has 2 aliphatic heterocycles. The Balaban J connectivity index is 1.86. The number of aliphatic hydroxyl groups is 1. The molecule has 3 nitrogen and oxygen atoms in total. The monoisotopic (exact) mass is 285 g/mol. The Morgan fingerprint density at radius 1 is 1.33 bits per heavy atom. The summed E-state index contributed by atoms with van der Waals surface area (Å²) >= 11 is 0. The molecule has 21 heavy (non-hydrogen) atoms. The summed E-state index contributed by atoms with van der Waals surface area (Å²) in [5, 5.41) is 11.8. The molecular weight excluding hydrogens is 262 g/mol. The maximum Gasteiger partial charge on any atom is 0.126 e. The highest BCUT2D eigenvalue weighted by Gasteiger charge is 2.70. The third kappa shape index (κ3) is 1.18. The van der Waals surface area contributed by atoms with Crippen molar-refractivity contribution in [3.05, 3.63) is 28.8 Å². The van der Waals surface area contributed by atoms with E-state index >= 15 is 0 Å². The summed E-state index contributed by atoms with van der Waals surface area (Å²) < 4.78 is 6.43. The van der Waals surface area contributed by atoms with Crippen LogP contribution < -0.4 is 4.74 Å². The van der Waals surface area contributed by atoms with Crippen molar-refractivity contribution in [1.29, 1.82) is 0 Å². The Bertz CT molecular complexity index is 642. The molecule has 4 aliphatic rings. The van der Waals surface area contributed by atoms with Crippen molar-refractivity contribution in [3.8, 4) is 5.75 Å². The summed E-state index contributed by atoms with van der Waals surface area (Å²) in [5.74, 6) is 1.10. The van der Waals surface area contributed by atoms with Crippen LogP contribution in [0.1, 0.15) is 42.4 Å². The Hall–Kier alpha value is -1.06. The van der Waals surface area contributed by atoms with Crippen LogP contribution in [0, 0.1) is 6.92 Å². The first kappa shape index (κ1) is 12.5. The maximum absolute atomic E-state index is 11.8. The van der Waals surface area contributed by atoms with E-state index < -0.39 is 5.60 Å². The molecule has 1 saturated heterocycles. The van der Waals surface area contributed by atoms with Crippen LogP contribution in [0.3, 0.4) is 0 Å². The van der Waals surface area contributed by atoms with Crippen LogP contribution in [-0.2, 0) is 11.8 Å². The third-order valence-corrected chi connectivity index (χ3v) is 6.85. The SMILES string of the molecule is Cc1ccc2c3c1OC1CCC[C@]4(O)[C@H](C2)N(C)CC[C@@]314. The van der Waals surface area contributed by atoms with Gasteiger partial charge < -0.3 is 14.7 Å². The summed E-state index contributed by atoms with van der Waals surface area (Å²) in [6, 6.07) is 4.73. The van der Waals surface area contributed by atoms with Crippen LogP contribution in [0.2, 0.25) is 0 Å². The fourth-order valence-electron chi connectivity index (χ4n) is 5.90. The van der Waals surface area contributed by atoms with Crippen molar-refractivity contribution in [2.75, 3.05) is 13.6 Å². The standard InChI is InChI=1S/C18H23NO2/c1-11-5-6-12-10-13-18(20)7-3-4-14-17(18,8-9-19(13)2)15(12)16(11)21-14/h5-6,13-14,20H,3-4,7-10H2,1-2H3/t13-,14?,17-,18-/m0/s1. The van der Waals surface area contributed by atoms with Crippen LogP contribution in [0.15, 0.2) is 12.1 Å². The molecule has 1 aromatic carbocycles. The highest BCUT2D eigenvalue weighted by Crippen LogP contribution is 2.64. The lowest BCUT2D eigenvalue weighted by Gasteiger charge is -2.62. The van der Waals surface area contributed by atoms with Gasteiger partial charge >= 0.3 is 0 Å². The van der Waals surface area contributed by atoms with Gasteiger partial charge in [-0.2, -0.15) is 0 Å². The number of hydrogen-bond acceptors (Lipinski definition) is 3. The van der Waals surface area contributed by atoms with E-state index in [0.717, 1.165) is 44.4 Å². The normalized spacial score (nSPS) is 43.4. The van der Waals surface area contributed by atoms with Gasteiger partial charge in [-0.15, -0.1) is 0 Å². The minimum Gasteiger partial charge on any atom is -0.489 e. The molecule has 1 unspecified atom stereocenters. The molecule has 0 aromatic heterocycles. The minimum atomic E-state index is -0.602. The van der Waals surface area contributed by atoms with E-state index in [2.05, 4.69) is 31.0 Å². The molecule has 1 saturated carbocycles. The van der Waals surface area contributed by atoms with Gasteiger partial charge in [-0.3, -0.25) is 0 Å². The van der Waals surface area contributed by atoms with E-state index in [4.69, 9.17) is 4.74 Å². The number of likely N-dealkylation sites (tertiary alicyclic amines) is 1. The van der Waals surface area contributed by atoms with Gasteiger partial charge in [-0.05, 0) is 63.7 Å². The second-order valence-corrected chi connectivity index (χ2v) is 7.59.